The summed E-state index contributed by atoms with van der Waals surface area (Å²) in [6.45, 7) is 2.70. The van der Waals surface area contributed by atoms with Gasteiger partial charge >= 0.3 is 0 Å². The zero-order chi connectivity index (χ0) is 9.80. The van der Waals surface area contributed by atoms with Crippen LogP contribution in [0.15, 0.2) is 36.4 Å². The van der Waals surface area contributed by atoms with E-state index in [9.17, 15) is 0 Å². The molecule has 14 heavy (non-hydrogen) atoms. The Bertz CT molecular complexity index is 392. The van der Waals surface area contributed by atoms with Gasteiger partial charge in [-0.2, -0.15) is 0 Å². The lowest BCUT2D eigenvalue weighted by Gasteiger charge is -2.04. The molecule has 1 aromatic heterocycles. The molecule has 2 heteroatoms. The van der Waals surface area contributed by atoms with Gasteiger partial charge in [-0.3, -0.25) is 0 Å². The molecule has 1 radical (unpaired) electrons. The van der Waals surface area contributed by atoms with Gasteiger partial charge in [-0.25, -0.2) is 0 Å². The zero-order valence-electron chi connectivity index (χ0n) is 7.99. The maximum Gasteiger partial charge on any atom is 0.119 e. The van der Waals surface area contributed by atoms with E-state index >= 15 is 0 Å². The van der Waals surface area contributed by atoms with E-state index in [2.05, 4.69) is 23.6 Å². The van der Waals surface area contributed by atoms with E-state index in [-0.39, 0.29) is 0 Å². The summed E-state index contributed by atoms with van der Waals surface area (Å²) < 4.78 is 5.44. The van der Waals surface area contributed by atoms with Gasteiger partial charge in [-0.1, -0.05) is 12.1 Å². The van der Waals surface area contributed by atoms with Crippen molar-refractivity contribution < 1.29 is 4.74 Å². The Labute approximate surface area is 88.0 Å². The number of rotatable bonds is 3. The molecule has 1 nitrogen and oxygen atoms in total. The minimum absolute atomic E-state index is 0.708. The van der Waals surface area contributed by atoms with Crippen molar-refractivity contribution in [1.82, 2.24) is 0 Å². The molecule has 2 rings (SSSR count). The number of ether oxygens (including phenoxy) is 1. The third-order valence-corrected chi connectivity index (χ3v) is 2.75. The molecule has 0 fully saturated rings. The highest BCUT2D eigenvalue weighted by Crippen LogP contribution is 2.27. The SMILES string of the molecule is CCOc1cccc(-c2cc[c]s2)c1. The van der Waals surface area contributed by atoms with Gasteiger partial charge in [-0.15, -0.1) is 11.3 Å². The number of benzene rings is 1. The van der Waals surface area contributed by atoms with Crippen LogP contribution in [0.5, 0.6) is 5.75 Å². The summed E-state index contributed by atoms with van der Waals surface area (Å²) >= 11 is 1.62. The van der Waals surface area contributed by atoms with Gasteiger partial charge in [-0.05, 0) is 36.8 Å². The van der Waals surface area contributed by atoms with Gasteiger partial charge in [0.2, 0.25) is 0 Å². The summed E-state index contributed by atoms with van der Waals surface area (Å²) in [7, 11) is 0. The Hall–Kier alpha value is -1.28. The Balaban J connectivity index is 2.31. The normalized spacial score (nSPS) is 10.1. The first-order chi connectivity index (χ1) is 6.90. The van der Waals surface area contributed by atoms with E-state index in [0.29, 0.717) is 6.61 Å². The zero-order valence-corrected chi connectivity index (χ0v) is 8.80. The fourth-order valence-corrected chi connectivity index (χ4v) is 1.95. The molecular formula is C12H11OS. The average Bonchev–Trinajstić information content (AvgIpc) is 2.71. The molecular weight excluding hydrogens is 192 g/mol. The number of hydrogen-bond donors (Lipinski definition) is 0. The fraction of sp³-hybridized carbons (Fsp3) is 0.167. The molecule has 0 amide bonds. The largest absolute Gasteiger partial charge is 0.494 e. The Kier molecular flexibility index (Phi) is 2.84. The quantitative estimate of drug-likeness (QED) is 0.740. The van der Waals surface area contributed by atoms with Gasteiger partial charge < -0.3 is 4.74 Å². The maximum absolute atomic E-state index is 5.44. The molecule has 0 atom stereocenters. The predicted molar refractivity (Wildman–Crippen MR) is 59.8 cm³/mol. The van der Waals surface area contributed by atoms with Gasteiger partial charge in [0.25, 0.3) is 0 Å². The molecule has 0 saturated heterocycles. The molecule has 1 aromatic carbocycles. The fourth-order valence-electron chi connectivity index (χ4n) is 1.30. The second-order valence-electron chi connectivity index (χ2n) is 2.88. The lowest BCUT2D eigenvalue weighted by molar-refractivity contribution is 0.340. The summed E-state index contributed by atoms with van der Waals surface area (Å²) in [6, 6.07) is 12.1. The van der Waals surface area contributed by atoms with E-state index in [1.54, 1.807) is 11.3 Å². The van der Waals surface area contributed by atoms with Crippen molar-refractivity contribution in [2.24, 2.45) is 0 Å². The smallest absolute Gasteiger partial charge is 0.119 e. The molecule has 2 aromatic rings. The summed E-state index contributed by atoms with van der Waals surface area (Å²) in [6.07, 6.45) is 0. The molecule has 71 valence electrons. The van der Waals surface area contributed by atoms with Crippen LogP contribution in [0.2, 0.25) is 0 Å². The summed E-state index contributed by atoms with van der Waals surface area (Å²) in [5.74, 6) is 0.929. The number of hydrogen-bond acceptors (Lipinski definition) is 2. The lowest BCUT2D eigenvalue weighted by Crippen LogP contribution is -1.90. The predicted octanol–water partition coefficient (Wildman–Crippen LogP) is 3.61. The van der Waals surface area contributed by atoms with Crippen LogP contribution >= 0.6 is 11.3 Å². The summed E-state index contributed by atoms with van der Waals surface area (Å²) in [5, 5.41) is 3.08. The first-order valence-corrected chi connectivity index (χ1v) is 5.41. The van der Waals surface area contributed by atoms with Crippen molar-refractivity contribution in [1.29, 1.82) is 0 Å². The average molecular weight is 203 g/mol. The van der Waals surface area contributed by atoms with Crippen LogP contribution in [0.1, 0.15) is 6.92 Å². The van der Waals surface area contributed by atoms with E-state index in [0.717, 1.165) is 5.75 Å². The molecule has 0 aliphatic carbocycles. The number of thiophene rings is 1. The standard InChI is InChI=1S/C12H11OS/c1-2-13-11-6-3-5-10(9-11)12-7-4-8-14-12/h3-7,9H,2H2,1H3. The van der Waals surface area contributed by atoms with Gasteiger partial charge in [0.15, 0.2) is 0 Å². The van der Waals surface area contributed by atoms with E-state index in [4.69, 9.17) is 4.74 Å². The van der Waals surface area contributed by atoms with Crippen LogP contribution in [-0.2, 0) is 0 Å². The molecule has 1 heterocycles. The van der Waals surface area contributed by atoms with Crippen LogP contribution in [0.3, 0.4) is 0 Å². The van der Waals surface area contributed by atoms with Gasteiger partial charge in [0, 0.05) is 10.3 Å². The monoisotopic (exact) mass is 203 g/mol. The van der Waals surface area contributed by atoms with Crippen molar-refractivity contribution in [2.45, 2.75) is 6.92 Å². The second kappa shape index (κ2) is 4.29. The van der Waals surface area contributed by atoms with Crippen molar-refractivity contribution in [3.05, 3.63) is 41.8 Å². The van der Waals surface area contributed by atoms with Crippen molar-refractivity contribution >= 4 is 11.3 Å². The molecule has 0 bridgehead atoms. The van der Waals surface area contributed by atoms with E-state index < -0.39 is 0 Å². The molecule has 0 saturated carbocycles. The minimum Gasteiger partial charge on any atom is -0.494 e. The Morgan fingerprint density at radius 1 is 1.36 bits per heavy atom. The topological polar surface area (TPSA) is 9.23 Å². The van der Waals surface area contributed by atoms with Crippen LogP contribution in [0.25, 0.3) is 10.4 Å². The van der Waals surface area contributed by atoms with Crippen molar-refractivity contribution in [2.75, 3.05) is 6.61 Å². The minimum atomic E-state index is 0.708. The highest BCUT2D eigenvalue weighted by Gasteiger charge is 1.99. The lowest BCUT2D eigenvalue weighted by atomic mass is 10.2. The first kappa shape index (κ1) is 9.28. The van der Waals surface area contributed by atoms with Crippen LogP contribution < -0.4 is 4.74 Å². The van der Waals surface area contributed by atoms with Gasteiger partial charge in [0.05, 0.1) is 6.61 Å². The van der Waals surface area contributed by atoms with Crippen LogP contribution in [0, 0.1) is 5.38 Å². The third kappa shape index (κ3) is 1.96. The highest BCUT2D eigenvalue weighted by molar-refractivity contribution is 7.13. The van der Waals surface area contributed by atoms with Crippen molar-refractivity contribution in [3.8, 4) is 16.2 Å². The van der Waals surface area contributed by atoms with E-state index in [1.165, 1.54) is 10.4 Å². The Morgan fingerprint density at radius 3 is 3.00 bits per heavy atom. The Morgan fingerprint density at radius 2 is 2.29 bits per heavy atom. The maximum atomic E-state index is 5.44. The molecule has 0 aliphatic rings. The van der Waals surface area contributed by atoms with Gasteiger partial charge in [0.1, 0.15) is 5.75 Å². The summed E-state index contributed by atoms with van der Waals surface area (Å²) in [4.78, 5) is 1.23. The molecule has 0 unspecified atom stereocenters. The molecule has 0 spiro atoms. The van der Waals surface area contributed by atoms with Crippen LogP contribution in [0.4, 0.5) is 0 Å². The summed E-state index contributed by atoms with van der Waals surface area (Å²) in [5.41, 5.74) is 1.20. The third-order valence-electron chi connectivity index (χ3n) is 1.90. The molecule has 0 aliphatic heterocycles. The van der Waals surface area contributed by atoms with Crippen molar-refractivity contribution in [3.63, 3.8) is 0 Å². The first-order valence-electron chi connectivity index (χ1n) is 4.59. The molecule has 0 N–H and O–H groups in total. The van der Waals surface area contributed by atoms with Crippen LogP contribution in [-0.4, -0.2) is 6.61 Å². The highest BCUT2D eigenvalue weighted by atomic mass is 32.1. The second-order valence-corrected chi connectivity index (χ2v) is 3.76. The van der Waals surface area contributed by atoms with E-state index in [1.807, 2.05) is 25.1 Å².